The van der Waals surface area contributed by atoms with Gasteiger partial charge in [-0.25, -0.2) is 9.97 Å². The lowest BCUT2D eigenvalue weighted by molar-refractivity contribution is 0.403. The van der Waals surface area contributed by atoms with E-state index in [0.29, 0.717) is 6.04 Å². The Morgan fingerprint density at radius 2 is 2.19 bits per heavy atom. The number of aromatic nitrogens is 2. The van der Waals surface area contributed by atoms with Gasteiger partial charge in [0.15, 0.2) is 0 Å². The Balaban J connectivity index is 2.01. The molecular formula is C11H18N4S. The molecule has 3 N–H and O–H groups in total. The van der Waals surface area contributed by atoms with Gasteiger partial charge in [0.1, 0.15) is 17.2 Å². The third-order valence-electron chi connectivity index (χ3n) is 3.00. The third-order valence-corrected chi connectivity index (χ3v) is 3.65. The number of nitrogens with zero attached hydrogens (tertiary/aromatic N) is 2. The van der Waals surface area contributed by atoms with Gasteiger partial charge in [0.2, 0.25) is 0 Å². The monoisotopic (exact) mass is 238 g/mol. The standard InChI is InChI=1S/C11H18N4S/c1-16-11-6-10(13-7-14-11)15-9-5-3-2-4-8(9)12/h6-9H,2-5,12H2,1H3,(H,13,14,15)/t8-,9-/m1/s1. The summed E-state index contributed by atoms with van der Waals surface area (Å²) in [7, 11) is 0. The maximum absolute atomic E-state index is 6.09. The molecule has 0 radical (unpaired) electrons. The second-order valence-corrected chi connectivity index (χ2v) is 4.97. The van der Waals surface area contributed by atoms with E-state index in [2.05, 4.69) is 15.3 Å². The molecule has 0 saturated heterocycles. The van der Waals surface area contributed by atoms with E-state index in [-0.39, 0.29) is 6.04 Å². The van der Waals surface area contributed by atoms with Gasteiger partial charge in [-0.1, -0.05) is 12.8 Å². The van der Waals surface area contributed by atoms with Crippen molar-refractivity contribution in [3.8, 4) is 0 Å². The minimum Gasteiger partial charge on any atom is -0.366 e. The molecule has 0 bridgehead atoms. The number of rotatable bonds is 3. The summed E-state index contributed by atoms with van der Waals surface area (Å²) >= 11 is 1.62. The molecule has 0 spiro atoms. The summed E-state index contributed by atoms with van der Waals surface area (Å²) in [5, 5.41) is 4.40. The summed E-state index contributed by atoms with van der Waals surface area (Å²) in [5.41, 5.74) is 6.09. The fourth-order valence-electron chi connectivity index (χ4n) is 2.06. The minimum atomic E-state index is 0.251. The highest BCUT2D eigenvalue weighted by atomic mass is 32.2. The molecule has 0 aliphatic heterocycles. The van der Waals surface area contributed by atoms with Gasteiger partial charge in [0, 0.05) is 18.2 Å². The maximum atomic E-state index is 6.09. The number of anilines is 1. The summed E-state index contributed by atoms with van der Waals surface area (Å²) in [4.78, 5) is 8.38. The molecule has 2 rings (SSSR count). The summed E-state index contributed by atoms with van der Waals surface area (Å²) in [6, 6.07) is 2.59. The van der Waals surface area contributed by atoms with Crippen molar-refractivity contribution in [1.29, 1.82) is 0 Å². The van der Waals surface area contributed by atoms with E-state index in [9.17, 15) is 0 Å². The topological polar surface area (TPSA) is 63.8 Å². The largest absolute Gasteiger partial charge is 0.366 e. The molecule has 0 aromatic carbocycles. The Kier molecular flexibility index (Phi) is 4.01. The van der Waals surface area contributed by atoms with Crippen LogP contribution in [0.2, 0.25) is 0 Å². The fraction of sp³-hybridized carbons (Fsp3) is 0.636. The Hall–Kier alpha value is -0.810. The molecule has 0 unspecified atom stereocenters. The van der Waals surface area contributed by atoms with Gasteiger partial charge < -0.3 is 11.1 Å². The number of nitrogens with one attached hydrogen (secondary N) is 1. The first kappa shape index (κ1) is 11.7. The van der Waals surface area contributed by atoms with Crippen LogP contribution in [0.5, 0.6) is 0 Å². The van der Waals surface area contributed by atoms with Crippen molar-refractivity contribution < 1.29 is 0 Å². The van der Waals surface area contributed by atoms with Gasteiger partial charge in [0.05, 0.1) is 0 Å². The first-order valence-corrected chi connectivity index (χ1v) is 6.90. The molecule has 2 atom stereocenters. The highest BCUT2D eigenvalue weighted by molar-refractivity contribution is 7.98. The average Bonchev–Trinajstić information content (AvgIpc) is 2.32. The molecule has 1 saturated carbocycles. The van der Waals surface area contributed by atoms with Crippen molar-refractivity contribution in [2.45, 2.75) is 42.8 Å². The normalized spacial score (nSPS) is 25.4. The van der Waals surface area contributed by atoms with E-state index in [0.717, 1.165) is 23.7 Å². The van der Waals surface area contributed by atoms with Crippen LogP contribution < -0.4 is 11.1 Å². The minimum absolute atomic E-state index is 0.251. The maximum Gasteiger partial charge on any atom is 0.130 e. The van der Waals surface area contributed by atoms with E-state index < -0.39 is 0 Å². The van der Waals surface area contributed by atoms with E-state index in [4.69, 9.17) is 5.73 Å². The summed E-state index contributed by atoms with van der Waals surface area (Å²) < 4.78 is 0. The summed E-state index contributed by atoms with van der Waals surface area (Å²) in [5.74, 6) is 0.890. The predicted molar refractivity (Wildman–Crippen MR) is 67.7 cm³/mol. The van der Waals surface area contributed by atoms with Crippen LogP contribution in [0.15, 0.2) is 17.4 Å². The van der Waals surface area contributed by atoms with Crippen LogP contribution in [-0.4, -0.2) is 28.3 Å². The third kappa shape index (κ3) is 2.86. The lowest BCUT2D eigenvalue weighted by Gasteiger charge is -2.29. The van der Waals surface area contributed by atoms with Crippen molar-refractivity contribution >= 4 is 17.6 Å². The Morgan fingerprint density at radius 1 is 1.38 bits per heavy atom. The van der Waals surface area contributed by atoms with Gasteiger partial charge in [0.25, 0.3) is 0 Å². The predicted octanol–water partition coefficient (Wildman–Crippen LogP) is 1.88. The Morgan fingerprint density at radius 3 is 2.94 bits per heavy atom. The molecule has 1 aromatic rings. The Labute approximate surface area is 100 Å². The number of hydrogen-bond acceptors (Lipinski definition) is 5. The van der Waals surface area contributed by atoms with Crippen molar-refractivity contribution in [2.24, 2.45) is 5.73 Å². The van der Waals surface area contributed by atoms with Gasteiger partial charge >= 0.3 is 0 Å². The van der Waals surface area contributed by atoms with Crippen molar-refractivity contribution in [3.05, 3.63) is 12.4 Å². The number of thioether (sulfide) groups is 1. The van der Waals surface area contributed by atoms with Crippen LogP contribution in [0.4, 0.5) is 5.82 Å². The molecule has 88 valence electrons. The molecule has 1 aliphatic rings. The molecule has 0 amide bonds. The highest BCUT2D eigenvalue weighted by Gasteiger charge is 2.21. The molecule has 1 aromatic heterocycles. The van der Waals surface area contributed by atoms with E-state index in [1.165, 1.54) is 12.8 Å². The number of hydrogen-bond donors (Lipinski definition) is 2. The second-order valence-electron chi connectivity index (χ2n) is 4.14. The van der Waals surface area contributed by atoms with Crippen LogP contribution >= 0.6 is 11.8 Å². The first-order valence-electron chi connectivity index (χ1n) is 5.68. The molecular weight excluding hydrogens is 220 g/mol. The van der Waals surface area contributed by atoms with Crippen LogP contribution in [0.25, 0.3) is 0 Å². The van der Waals surface area contributed by atoms with E-state index in [1.54, 1.807) is 18.1 Å². The van der Waals surface area contributed by atoms with Gasteiger partial charge in [-0.2, -0.15) is 0 Å². The fourth-order valence-corrected chi connectivity index (χ4v) is 2.44. The lowest BCUT2D eigenvalue weighted by Crippen LogP contribution is -2.42. The van der Waals surface area contributed by atoms with Crippen LogP contribution in [0, 0.1) is 0 Å². The average molecular weight is 238 g/mol. The zero-order chi connectivity index (χ0) is 11.4. The van der Waals surface area contributed by atoms with Gasteiger partial charge in [-0.3, -0.25) is 0 Å². The van der Waals surface area contributed by atoms with Gasteiger partial charge in [-0.05, 0) is 19.1 Å². The smallest absolute Gasteiger partial charge is 0.130 e. The quantitative estimate of drug-likeness (QED) is 0.622. The van der Waals surface area contributed by atoms with Crippen molar-refractivity contribution in [3.63, 3.8) is 0 Å². The SMILES string of the molecule is CSc1cc(N[C@@H]2CCCC[C@H]2N)ncn1. The van der Waals surface area contributed by atoms with Crippen molar-refractivity contribution in [2.75, 3.05) is 11.6 Å². The highest BCUT2D eigenvalue weighted by Crippen LogP contribution is 2.21. The summed E-state index contributed by atoms with van der Waals surface area (Å²) in [6.45, 7) is 0. The second kappa shape index (κ2) is 5.50. The summed E-state index contributed by atoms with van der Waals surface area (Å²) in [6.07, 6.45) is 8.36. The first-order chi connectivity index (χ1) is 7.79. The zero-order valence-corrected chi connectivity index (χ0v) is 10.3. The Bertz CT molecular complexity index is 345. The molecule has 4 nitrogen and oxygen atoms in total. The van der Waals surface area contributed by atoms with Gasteiger partial charge in [-0.15, -0.1) is 11.8 Å². The molecule has 5 heteroatoms. The van der Waals surface area contributed by atoms with E-state index >= 15 is 0 Å². The molecule has 16 heavy (non-hydrogen) atoms. The zero-order valence-electron chi connectivity index (χ0n) is 9.52. The van der Waals surface area contributed by atoms with E-state index in [1.807, 2.05) is 12.3 Å². The van der Waals surface area contributed by atoms with Crippen molar-refractivity contribution in [1.82, 2.24) is 9.97 Å². The van der Waals surface area contributed by atoms with Crippen LogP contribution in [0.3, 0.4) is 0 Å². The number of nitrogens with two attached hydrogens (primary N) is 1. The van der Waals surface area contributed by atoms with Crippen LogP contribution in [-0.2, 0) is 0 Å². The molecule has 1 heterocycles. The lowest BCUT2D eigenvalue weighted by atomic mass is 9.91. The van der Waals surface area contributed by atoms with Crippen LogP contribution in [0.1, 0.15) is 25.7 Å². The molecule has 1 aliphatic carbocycles. The molecule has 1 fully saturated rings.